The Kier molecular flexibility index (Phi) is 2.56. The third kappa shape index (κ3) is 1.45. The third-order valence-corrected chi connectivity index (χ3v) is 3.20. The molecule has 1 atom stereocenters. The average molecular weight is 186 g/mol. The van der Waals surface area contributed by atoms with Gasteiger partial charge in [-0.15, -0.1) is 0 Å². The lowest BCUT2D eigenvalue weighted by Crippen LogP contribution is -2.42. The van der Waals surface area contributed by atoms with Crippen LogP contribution in [0.4, 0.5) is 0 Å². The number of nitrogens with zero attached hydrogens (tertiary/aromatic N) is 2. The van der Waals surface area contributed by atoms with E-state index in [-0.39, 0.29) is 0 Å². The van der Waals surface area contributed by atoms with Crippen LogP contribution in [0.2, 0.25) is 0 Å². The molecule has 0 saturated carbocycles. The van der Waals surface area contributed by atoms with E-state index >= 15 is 0 Å². The topological polar surface area (TPSA) is 24.8 Å². The lowest BCUT2D eigenvalue weighted by atomic mass is 10.3. The van der Waals surface area contributed by atoms with Gasteiger partial charge in [0.1, 0.15) is 6.23 Å². The highest BCUT2D eigenvalue weighted by Crippen LogP contribution is 2.26. The highest BCUT2D eigenvalue weighted by molar-refractivity contribution is 8.13. The van der Waals surface area contributed by atoms with Crippen molar-refractivity contribution in [1.29, 1.82) is 0 Å². The minimum absolute atomic E-state index is 0.303. The van der Waals surface area contributed by atoms with Crippen molar-refractivity contribution in [1.82, 2.24) is 4.90 Å². The summed E-state index contributed by atoms with van der Waals surface area (Å²) in [5, 5.41) is 1.19. The zero-order valence-electron chi connectivity index (χ0n) is 7.32. The molecule has 2 aliphatic rings. The van der Waals surface area contributed by atoms with Gasteiger partial charge in [0.2, 0.25) is 0 Å². The Bertz CT molecular complexity index is 193. The molecule has 0 spiro atoms. The Hall–Kier alpha value is -0.220. The molecule has 3 nitrogen and oxygen atoms in total. The largest absolute Gasteiger partial charge is 0.359 e. The molecule has 1 fully saturated rings. The van der Waals surface area contributed by atoms with E-state index in [0.29, 0.717) is 6.23 Å². The average Bonchev–Trinajstić information content (AvgIpc) is 2.53. The zero-order chi connectivity index (χ0) is 8.39. The smallest absolute Gasteiger partial charge is 0.161 e. The Labute approximate surface area is 77.2 Å². The van der Waals surface area contributed by atoms with Gasteiger partial charge in [0.25, 0.3) is 0 Å². The predicted octanol–water partition coefficient (Wildman–Crippen LogP) is 1.16. The summed E-state index contributed by atoms with van der Waals surface area (Å²) in [7, 11) is 0. The van der Waals surface area contributed by atoms with Crippen LogP contribution in [0.3, 0.4) is 0 Å². The first kappa shape index (κ1) is 8.38. The Morgan fingerprint density at radius 3 is 3.50 bits per heavy atom. The van der Waals surface area contributed by atoms with Gasteiger partial charge in [0.05, 0.1) is 6.54 Å². The molecule has 0 amide bonds. The highest BCUT2D eigenvalue weighted by Gasteiger charge is 2.29. The zero-order valence-corrected chi connectivity index (χ0v) is 8.14. The van der Waals surface area contributed by atoms with Crippen LogP contribution in [-0.4, -0.2) is 41.7 Å². The Morgan fingerprint density at radius 2 is 2.67 bits per heavy atom. The summed E-state index contributed by atoms with van der Waals surface area (Å²) in [5.74, 6) is 1.15. The summed E-state index contributed by atoms with van der Waals surface area (Å²) in [6, 6.07) is 0. The van der Waals surface area contributed by atoms with Crippen LogP contribution in [0, 0.1) is 0 Å². The first-order valence-corrected chi connectivity index (χ1v) is 5.46. The molecular formula is C8H14N2OS. The van der Waals surface area contributed by atoms with Gasteiger partial charge in [0, 0.05) is 25.3 Å². The van der Waals surface area contributed by atoms with Gasteiger partial charge in [-0.25, -0.2) is 0 Å². The van der Waals surface area contributed by atoms with E-state index in [9.17, 15) is 0 Å². The van der Waals surface area contributed by atoms with E-state index in [1.165, 1.54) is 5.17 Å². The van der Waals surface area contributed by atoms with Gasteiger partial charge in [-0.05, 0) is 6.92 Å². The standard InChI is InChI=1S/C8H14N2OS/c1-2-11-7-3-6-12-8-9-4-5-10(7)8/h7H,2-6H2,1H3. The summed E-state index contributed by atoms with van der Waals surface area (Å²) in [6.07, 6.45) is 1.44. The van der Waals surface area contributed by atoms with Crippen molar-refractivity contribution >= 4 is 16.9 Å². The van der Waals surface area contributed by atoms with Crippen molar-refractivity contribution in [2.24, 2.45) is 4.99 Å². The van der Waals surface area contributed by atoms with E-state index in [1.54, 1.807) is 0 Å². The molecular weight excluding hydrogens is 172 g/mol. The first-order valence-electron chi connectivity index (χ1n) is 4.47. The number of amidine groups is 1. The summed E-state index contributed by atoms with van der Waals surface area (Å²) < 4.78 is 5.63. The summed E-state index contributed by atoms with van der Waals surface area (Å²) >= 11 is 1.86. The van der Waals surface area contributed by atoms with E-state index in [2.05, 4.69) is 16.8 Å². The fraction of sp³-hybridized carbons (Fsp3) is 0.875. The van der Waals surface area contributed by atoms with Crippen LogP contribution >= 0.6 is 11.8 Å². The second-order valence-electron chi connectivity index (χ2n) is 2.90. The number of aliphatic imine (C=N–C) groups is 1. The molecule has 0 radical (unpaired) electrons. The lowest BCUT2D eigenvalue weighted by molar-refractivity contribution is -0.0171. The lowest BCUT2D eigenvalue weighted by Gasteiger charge is -2.33. The van der Waals surface area contributed by atoms with Crippen LogP contribution in [0.5, 0.6) is 0 Å². The van der Waals surface area contributed by atoms with E-state index < -0.39 is 0 Å². The van der Waals surface area contributed by atoms with Crippen LogP contribution in [0.1, 0.15) is 13.3 Å². The van der Waals surface area contributed by atoms with Crippen LogP contribution < -0.4 is 0 Å². The van der Waals surface area contributed by atoms with Crippen molar-refractivity contribution in [3.05, 3.63) is 0 Å². The Morgan fingerprint density at radius 1 is 1.75 bits per heavy atom. The van der Waals surface area contributed by atoms with Gasteiger partial charge in [-0.3, -0.25) is 4.99 Å². The van der Waals surface area contributed by atoms with Gasteiger partial charge in [-0.1, -0.05) is 11.8 Å². The normalized spacial score (nSPS) is 28.6. The maximum atomic E-state index is 5.63. The minimum Gasteiger partial charge on any atom is -0.359 e. The number of fused-ring (bicyclic) bond motifs is 1. The van der Waals surface area contributed by atoms with Crippen molar-refractivity contribution in [3.8, 4) is 0 Å². The maximum absolute atomic E-state index is 5.63. The molecule has 12 heavy (non-hydrogen) atoms. The van der Waals surface area contributed by atoms with Gasteiger partial charge < -0.3 is 9.64 Å². The first-order chi connectivity index (χ1) is 5.92. The van der Waals surface area contributed by atoms with Crippen molar-refractivity contribution in [2.75, 3.05) is 25.4 Å². The second-order valence-corrected chi connectivity index (χ2v) is 3.97. The molecule has 0 aromatic carbocycles. The van der Waals surface area contributed by atoms with Crippen molar-refractivity contribution in [2.45, 2.75) is 19.6 Å². The molecule has 0 aromatic heterocycles. The molecule has 2 aliphatic heterocycles. The molecule has 0 aromatic rings. The van der Waals surface area contributed by atoms with E-state index in [0.717, 1.165) is 31.9 Å². The number of hydrogen-bond donors (Lipinski definition) is 0. The predicted molar refractivity (Wildman–Crippen MR) is 51.5 cm³/mol. The maximum Gasteiger partial charge on any atom is 0.161 e. The van der Waals surface area contributed by atoms with Crippen LogP contribution in [-0.2, 0) is 4.74 Å². The molecule has 68 valence electrons. The number of rotatable bonds is 2. The van der Waals surface area contributed by atoms with Crippen molar-refractivity contribution < 1.29 is 4.74 Å². The quantitative estimate of drug-likeness (QED) is 0.647. The van der Waals surface area contributed by atoms with Crippen molar-refractivity contribution in [3.63, 3.8) is 0 Å². The second kappa shape index (κ2) is 3.66. The number of ether oxygens (including phenoxy) is 1. The van der Waals surface area contributed by atoms with Crippen LogP contribution in [0.25, 0.3) is 0 Å². The molecule has 4 heteroatoms. The number of hydrogen-bond acceptors (Lipinski definition) is 4. The van der Waals surface area contributed by atoms with E-state index in [1.807, 2.05) is 11.8 Å². The highest BCUT2D eigenvalue weighted by atomic mass is 32.2. The molecule has 0 aliphatic carbocycles. The molecule has 2 heterocycles. The summed E-state index contributed by atoms with van der Waals surface area (Å²) in [4.78, 5) is 6.71. The monoisotopic (exact) mass is 186 g/mol. The molecule has 1 saturated heterocycles. The minimum atomic E-state index is 0.303. The molecule has 2 rings (SSSR count). The SMILES string of the molecule is CCOC1CCSC2=NCCN21. The fourth-order valence-corrected chi connectivity index (χ4v) is 2.67. The fourth-order valence-electron chi connectivity index (χ4n) is 1.61. The molecule has 0 bridgehead atoms. The van der Waals surface area contributed by atoms with Gasteiger partial charge in [0.15, 0.2) is 5.17 Å². The van der Waals surface area contributed by atoms with Crippen LogP contribution in [0.15, 0.2) is 4.99 Å². The number of thioether (sulfide) groups is 1. The Balaban J connectivity index is 2.00. The van der Waals surface area contributed by atoms with Gasteiger partial charge >= 0.3 is 0 Å². The van der Waals surface area contributed by atoms with Gasteiger partial charge in [-0.2, -0.15) is 0 Å². The molecule has 0 N–H and O–H groups in total. The summed E-state index contributed by atoms with van der Waals surface area (Å²) in [5.41, 5.74) is 0. The van der Waals surface area contributed by atoms with E-state index in [4.69, 9.17) is 4.74 Å². The summed E-state index contributed by atoms with van der Waals surface area (Å²) in [6.45, 7) is 4.85. The molecule has 1 unspecified atom stereocenters. The third-order valence-electron chi connectivity index (χ3n) is 2.14.